The number of aryl methyl sites for hydroxylation is 2. The summed E-state index contributed by atoms with van der Waals surface area (Å²) in [7, 11) is 3.96. The van der Waals surface area contributed by atoms with Crippen molar-refractivity contribution in [2.45, 2.75) is 25.8 Å². The molecule has 10 heteroatoms. The van der Waals surface area contributed by atoms with Gasteiger partial charge in [-0.1, -0.05) is 12.1 Å². The van der Waals surface area contributed by atoms with E-state index in [1.54, 1.807) is 6.33 Å². The number of nitrogens with one attached hydrogen (secondary N) is 1. The number of anilines is 1. The minimum atomic E-state index is -0.0417. The average molecular weight is 444 g/mol. The van der Waals surface area contributed by atoms with Crippen molar-refractivity contribution in [3.05, 3.63) is 53.1 Å². The molecule has 0 spiro atoms. The lowest BCUT2D eigenvalue weighted by molar-refractivity contribution is 0.395. The lowest BCUT2D eigenvalue weighted by Gasteiger charge is -2.33. The molecule has 1 N–H and O–H groups in total. The van der Waals surface area contributed by atoms with Gasteiger partial charge in [0.15, 0.2) is 22.8 Å². The molecule has 6 rings (SSSR count). The van der Waals surface area contributed by atoms with Gasteiger partial charge in [-0.05, 0) is 31.9 Å². The predicted molar refractivity (Wildman–Crippen MR) is 126 cm³/mol. The summed E-state index contributed by atoms with van der Waals surface area (Å²) in [6.45, 7) is 3.56. The van der Waals surface area contributed by atoms with Crippen molar-refractivity contribution in [2.24, 2.45) is 14.1 Å². The highest BCUT2D eigenvalue weighted by molar-refractivity contribution is 5.86. The van der Waals surface area contributed by atoms with Crippen LogP contribution >= 0.6 is 0 Å². The average Bonchev–Trinajstić information content (AvgIpc) is 3.46. The summed E-state index contributed by atoms with van der Waals surface area (Å²) >= 11 is 0. The number of aromatic nitrogens is 8. The second kappa shape index (κ2) is 7.29. The summed E-state index contributed by atoms with van der Waals surface area (Å²) in [5.41, 5.74) is 4.33. The van der Waals surface area contributed by atoms with E-state index in [0.29, 0.717) is 0 Å². The van der Waals surface area contributed by atoms with Crippen LogP contribution in [0.1, 0.15) is 24.7 Å². The number of para-hydroxylation sites is 2. The van der Waals surface area contributed by atoms with Crippen LogP contribution < -0.4 is 10.6 Å². The van der Waals surface area contributed by atoms with Gasteiger partial charge in [0.25, 0.3) is 0 Å². The smallest absolute Gasteiger partial charge is 0.326 e. The van der Waals surface area contributed by atoms with E-state index in [1.165, 1.54) is 0 Å². The number of piperidine rings is 1. The molecule has 10 nitrogen and oxygen atoms in total. The van der Waals surface area contributed by atoms with E-state index in [9.17, 15) is 4.79 Å². The van der Waals surface area contributed by atoms with E-state index >= 15 is 0 Å². The topological polar surface area (TPSA) is 102 Å². The summed E-state index contributed by atoms with van der Waals surface area (Å²) in [4.78, 5) is 36.3. The molecule has 1 saturated heterocycles. The number of benzene rings is 1. The standard InChI is InChI=1S/C23H25N9O/c1-14-24-12-18(29(14)2)20-28-19-21(30(20)3)25-13-26-22(19)31-10-8-15(9-11-31)32-17-7-5-4-6-16(17)27-23(32)33/h4-7,12-13,15H,8-11H2,1-3H3,(H,27,33). The highest BCUT2D eigenvalue weighted by Gasteiger charge is 2.27. The first-order valence-electron chi connectivity index (χ1n) is 11.1. The Balaban J connectivity index is 1.33. The lowest BCUT2D eigenvalue weighted by atomic mass is 10.0. The number of aromatic amines is 1. The number of H-pyrrole nitrogens is 1. The molecule has 0 radical (unpaired) electrons. The first kappa shape index (κ1) is 19.7. The Morgan fingerprint density at radius 2 is 1.82 bits per heavy atom. The maximum atomic E-state index is 12.6. The van der Waals surface area contributed by atoms with Crippen molar-refractivity contribution in [3.63, 3.8) is 0 Å². The number of rotatable bonds is 3. The van der Waals surface area contributed by atoms with Crippen LogP contribution in [-0.2, 0) is 14.1 Å². The fraction of sp³-hybridized carbons (Fsp3) is 0.348. The Morgan fingerprint density at radius 1 is 1.03 bits per heavy atom. The van der Waals surface area contributed by atoms with Gasteiger partial charge < -0.3 is 19.0 Å². The summed E-state index contributed by atoms with van der Waals surface area (Å²) in [6.07, 6.45) is 5.16. The van der Waals surface area contributed by atoms with Gasteiger partial charge in [0.1, 0.15) is 17.8 Å². The molecule has 5 aromatic rings. The van der Waals surface area contributed by atoms with E-state index in [-0.39, 0.29) is 11.7 Å². The number of nitrogens with zero attached hydrogens (tertiary/aromatic N) is 8. The normalized spacial score (nSPS) is 15.2. The Bertz CT molecular complexity index is 1550. The molecular formula is C23H25N9O. The summed E-state index contributed by atoms with van der Waals surface area (Å²) in [5, 5.41) is 0. The second-order valence-corrected chi connectivity index (χ2v) is 8.65. The monoisotopic (exact) mass is 443 g/mol. The van der Waals surface area contributed by atoms with Gasteiger partial charge in [-0.2, -0.15) is 0 Å². The SMILES string of the molecule is Cc1ncc(-c2nc3c(N4CCC(n5c(=O)[nH]c6ccccc65)CC4)ncnc3n2C)n1C. The van der Waals surface area contributed by atoms with Gasteiger partial charge in [0.05, 0.1) is 17.2 Å². The number of imidazole rings is 3. The van der Waals surface area contributed by atoms with Crippen LogP contribution in [0.5, 0.6) is 0 Å². The van der Waals surface area contributed by atoms with E-state index in [1.807, 2.05) is 65.2 Å². The Morgan fingerprint density at radius 3 is 2.58 bits per heavy atom. The van der Waals surface area contributed by atoms with E-state index in [2.05, 4.69) is 24.8 Å². The maximum Gasteiger partial charge on any atom is 0.326 e. The molecule has 5 heterocycles. The van der Waals surface area contributed by atoms with Crippen molar-refractivity contribution < 1.29 is 0 Å². The van der Waals surface area contributed by atoms with Gasteiger partial charge in [-0.15, -0.1) is 0 Å². The van der Waals surface area contributed by atoms with Gasteiger partial charge in [-0.3, -0.25) is 4.57 Å². The molecule has 1 aliphatic heterocycles. The third-order valence-corrected chi connectivity index (χ3v) is 6.84. The minimum Gasteiger partial charge on any atom is -0.355 e. The molecule has 1 aromatic carbocycles. The molecular weight excluding hydrogens is 418 g/mol. The molecule has 0 unspecified atom stereocenters. The minimum absolute atomic E-state index is 0.0417. The van der Waals surface area contributed by atoms with Crippen molar-refractivity contribution >= 4 is 28.0 Å². The van der Waals surface area contributed by atoms with Crippen LogP contribution in [0.2, 0.25) is 0 Å². The molecule has 0 aliphatic carbocycles. The van der Waals surface area contributed by atoms with E-state index in [0.717, 1.165) is 71.3 Å². The summed E-state index contributed by atoms with van der Waals surface area (Å²) < 4.78 is 5.93. The molecule has 0 atom stereocenters. The fourth-order valence-electron chi connectivity index (χ4n) is 4.93. The van der Waals surface area contributed by atoms with Gasteiger partial charge in [0, 0.05) is 33.2 Å². The van der Waals surface area contributed by atoms with Crippen molar-refractivity contribution in [2.75, 3.05) is 18.0 Å². The van der Waals surface area contributed by atoms with Crippen LogP contribution in [0.3, 0.4) is 0 Å². The molecule has 0 saturated carbocycles. The molecule has 4 aromatic heterocycles. The maximum absolute atomic E-state index is 12.6. The number of fused-ring (bicyclic) bond motifs is 2. The Hall–Kier alpha value is -3.95. The van der Waals surface area contributed by atoms with Crippen LogP contribution in [-0.4, -0.2) is 51.7 Å². The quantitative estimate of drug-likeness (QED) is 0.460. The third-order valence-electron chi connectivity index (χ3n) is 6.84. The van der Waals surface area contributed by atoms with E-state index in [4.69, 9.17) is 4.98 Å². The lowest BCUT2D eigenvalue weighted by Crippen LogP contribution is -2.37. The summed E-state index contributed by atoms with van der Waals surface area (Å²) in [5.74, 6) is 2.58. The van der Waals surface area contributed by atoms with Crippen molar-refractivity contribution in [1.29, 1.82) is 0 Å². The largest absolute Gasteiger partial charge is 0.355 e. The second-order valence-electron chi connectivity index (χ2n) is 8.65. The number of hydrogen-bond acceptors (Lipinski definition) is 6. The first-order valence-corrected chi connectivity index (χ1v) is 11.1. The van der Waals surface area contributed by atoms with Gasteiger partial charge >= 0.3 is 5.69 Å². The molecule has 33 heavy (non-hydrogen) atoms. The van der Waals surface area contributed by atoms with Crippen LogP contribution in [0.4, 0.5) is 5.82 Å². The number of hydrogen-bond donors (Lipinski definition) is 1. The molecule has 0 amide bonds. The highest BCUT2D eigenvalue weighted by Crippen LogP contribution is 2.32. The fourth-order valence-corrected chi connectivity index (χ4v) is 4.93. The zero-order valence-electron chi connectivity index (χ0n) is 18.9. The summed E-state index contributed by atoms with van der Waals surface area (Å²) in [6, 6.07) is 8.02. The Labute approximate surface area is 189 Å². The zero-order chi connectivity index (χ0) is 22.7. The van der Waals surface area contributed by atoms with Gasteiger partial charge in [0.2, 0.25) is 0 Å². The Kier molecular flexibility index (Phi) is 4.36. The predicted octanol–water partition coefficient (Wildman–Crippen LogP) is 2.56. The first-order chi connectivity index (χ1) is 16.0. The van der Waals surface area contributed by atoms with E-state index < -0.39 is 0 Å². The molecule has 0 bridgehead atoms. The van der Waals surface area contributed by atoms with Crippen LogP contribution in [0.25, 0.3) is 33.7 Å². The zero-order valence-corrected chi connectivity index (χ0v) is 18.9. The third kappa shape index (κ3) is 2.97. The highest BCUT2D eigenvalue weighted by atomic mass is 16.1. The van der Waals surface area contributed by atoms with Crippen LogP contribution in [0, 0.1) is 6.92 Å². The van der Waals surface area contributed by atoms with Crippen molar-refractivity contribution in [3.8, 4) is 11.5 Å². The van der Waals surface area contributed by atoms with Crippen LogP contribution in [0.15, 0.2) is 41.6 Å². The van der Waals surface area contributed by atoms with Crippen molar-refractivity contribution in [1.82, 2.24) is 38.6 Å². The molecule has 1 fully saturated rings. The molecule has 168 valence electrons. The van der Waals surface area contributed by atoms with Gasteiger partial charge in [-0.25, -0.2) is 24.7 Å². The molecule has 1 aliphatic rings.